The predicted octanol–water partition coefficient (Wildman–Crippen LogP) is -0.734. The van der Waals surface area contributed by atoms with E-state index >= 15 is 0 Å². The molecule has 0 radical (unpaired) electrons. The Kier molecular flexibility index (Phi) is 24.4. The number of carboxylic acids is 1. The average Bonchev–Trinajstić information content (AvgIpc) is 0.811. The van der Waals surface area contributed by atoms with Gasteiger partial charge in [0.25, 0.3) is 5.97 Å². The van der Waals surface area contributed by atoms with Crippen LogP contribution in [0.25, 0.3) is 0 Å². The van der Waals surface area contributed by atoms with E-state index in [1.165, 1.54) is 0 Å². The minimum absolute atomic E-state index is 0. The van der Waals surface area contributed by atoms with Crippen molar-refractivity contribution in [2.45, 2.75) is 6.92 Å². The molecule has 6 heavy (non-hydrogen) atoms. The molecule has 0 aliphatic rings. The molecule has 0 saturated carbocycles. The van der Waals surface area contributed by atoms with Gasteiger partial charge in [0.2, 0.25) is 0 Å². The zero-order valence-electron chi connectivity index (χ0n) is 3.26. The SMILES string of the molecule is CC(=O)O.O.[Sm]. The largest absolute Gasteiger partial charge is 0.481 e. The first-order valence-electron chi connectivity index (χ1n) is 0.928. The van der Waals surface area contributed by atoms with E-state index in [2.05, 4.69) is 0 Å². The molecule has 0 rings (SSSR count). The molecule has 0 aromatic heterocycles. The van der Waals surface area contributed by atoms with Crippen LogP contribution in [0.2, 0.25) is 0 Å². The summed E-state index contributed by atoms with van der Waals surface area (Å²) in [7, 11) is 0. The summed E-state index contributed by atoms with van der Waals surface area (Å²) in [5.41, 5.74) is 0. The summed E-state index contributed by atoms with van der Waals surface area (Å²) in [5, 5.41) is 7.42. The third-order valence-electron chi connectivity index (χ3n) is 0. The fraction of sp³-hybridized carbons (Fsp3) is 0.500. The molecule has 0 heterocycles. The molecule has 0 fully saturated rings. The van der Waals surface area contributed by atoms with Crippen LogP contribution in [0.4, 0.5) is 0 Å². The van der Waals surface area contributed by atoms with E-state index in [4.69, 9.17) is 9.90 Å². The number of carboxylic acid groups (broad SMARTS) is 1. The number of aliphatic carboxylic acids is 1. The van der Waals surface area contributed by atoms with Crippen molar-refractivity contribution in [2.75, 3.05) is 0 Å². The molecule has 0 amide bonds. The minimum Gasteiger partial charge on any atom is -0.481 e. The Hall–Kier alpha value is 0.768. The van der Waals surface area contributed by atoms with Crippen molar-refractivity contribution < 1.29 is 55.8 Å². The van der Waals surface area contributed by atoms with E-state index in [0.717, 1.165) is 6.92 Å². The Bertz CT molecular complexity index is 31.8. The normalized spacial score (nSPS) is 4.17. The Morgan fingerprint density at radius 2 is 1.67 bits per heavy atom. The van der Waals surface area contributed by atoms with Gasteiger partial charge in [0, 0.05) is 47.3 Å². The van der Waals surface area contributed by atoms with E-state index in [1.54, 1.807) is 0 Å². The summed E-state index contributed by atoms with van der Waals surface area (Å²) in [6.45, 7) is 1.08. The van der Waals surface area contributed by atoms with Crippen LogP contribution in [-0.4, -0.2) is 16.6 Å². The first kappa shape index (κ1) is 15.9. The van der Waals surface area contributed by atoms with Gasteiger partial charge in [0.1, 0.15) is 0 Å². The topological polar surface area (TPSA) is 68.8 Å². The predicted molar refractivity (Wildman–Crippen MR) is 16.9 cm³/mol. The van der Waals surface area contributed by atoms with Crippen LogP contribution in [0.15, 0.2) is 0 Å². The van der Waals surface area contributed by atoms with Crippen molar-refractivity contribution in [1.82, 2.24) is 0 Å². The van der Waals surface area contributed by atoms with Gasteiger partial charge in [-0.25, -0.2) is 0 Å². The van der Waals surface area contributed by atoms with E-state index in [0.29, 0.717) is 0 Å². The molecule has 0 unspecified atom stereocenters. The van der Waals surface area contributed by atoms with Gasteiger partial charge >= 0.3 is 0 Å². The van der Waals surface area contributed by atoms with Crippen LogP contribution < -0.4 is 0 Å². The zero-order valence-corrected chi connectivity index (χ0v) is 5.88. The summed E-state index contributed by atoms with van der Waals surface area (Å²) in [6, 6.07) is 0. The van der Waals surface area contributed by atoms with Crippen LogP contribution in [0.3, 0.4) is 0 Å². The van der Waals surface area contributed by atoms with Crippen molar-refractivity contribution in [3.63, 3.8) is 0 Å². The summed E-state index contributed by atoms with van der Waals surface area (Å²) < 4.78 is 0. The Balaban J connectivity index is -0.0000000450. The second kappa shape index (κ2) is 9.24. The van der Waals surface area contributed by atoms with Crippen molar-refractivity contribution in [3.8, 4) is 0 Å². The fourth-order valence-corrected chi connectivity index (χ4v) is 0. The van der Waals surface area contributed by atoms with E-state index < -0.39 is 5.97 Å². The second-order valence-corrected chi connectivity index (χ2v) is 0.519. The molecular formula is C2H6O3Sm. The smallest absolute Gasteiger partial charge is 0.300 e. The van der Waals surface area contributed by atoms with Crippen LogP contribution in [0, 0.1) is 40.4 Å². The second-order valence-electron chi connectivity index (χ2n) is 0.519. The van der Waals surface area contributed by atoms with E-state index in [-0.39, 0.29) is 45.9 Å². The molecule has 0 aliphatic heterocycles. The van der Waals surface area contributed by atoms with Gasteiger partial charge in [-0.05, 0) is 0 Å². The first-order chi connectivity index (χ1) is 1.73. The Morgan fingerprint density at radius 1 is 1.67 bits per heavy atom. The third-order valence-corrected chi connectivity index (χ3v) is 0. The Morgan fingerprint density at radius 3 is 1.67 bits per heavy atom. The molecule has 0 bridgehead atoms. The third kappa shape index (κ3) is 115. The van der Waals surface area contributed by atoms with Gasteiger partial charge in [-0.2, -0.15) is 0 Å². The first-order valence-corrected chi connectivity index (χ1v) is 0.928. The van der Waals surface area contributed by atoms with Gasteiger partial charge in [0.05, 0.1) is 0 Å². The number of hydrogen-bond donors (Lipinski definition) is 1. The number of carbonyl (C=O) groups is 1. The van der Waals surface area contributed by atoms with Crippen LogP contribution in [0.1, 0.15) is 6.92 Å². The molecule has 0 aromatic rings. The summed E-state index contributed by atoms with van der Waals surface area (Å²) in [6.07, 6.45) is 0. The van der Waals surface area contributed by atoms with Crippen LogP contribution in [-0.2, 0) is 4.79 Å². The van der Waals surface area contributed by atoms with Gasteiger partial charge < -0.3 is 10.6 Å². The molecule has 0 atom stereocenters. The van der Waals surface area contributed by atoms with Crippen molar-refractivity contribution in [3.05, 3.63) is 0 Å². The van der Waals surface area contributed by atoms with Crippen LogP contribution in [0.5, 0.6) is 0 Å². The molecule has 0 aliphatic carbocycles. The molecule has 0 saturated heterocycles. The van der Waals surface area contributed by atoms with E-state index in [9.17, 15) is 0 Å². The van der Waals surface area contributed by atoms with E-state index in [1.807, 2.05) is 0 Å². The summed E-state index contributed by atoms with van der Waals surface area (Å²) in [5.74, 6) is -0.833. The van der Waals surface area contributed by atoms with Crippen molar-refractivity contribution >= 4 is 5.97 Å². The summed E-state index contributed by atoms with van der Waals surface area (Å²) in [4.78, 5) is 9.00. The standard InChI is InChI=1S/C2H4O2.H2O.Sm/c1-2(3)4;;/h1H3,(H,3,4);1H2;. The maximum Gasteiger partial charge on any atom is 0.300 e. The number of hydrogen-bond acceptors (Lipinski definition) is 1. The van der Waals surface area contributed by atoms with Crippen molar-refractivity contribution in [2.24, 2.45) is 0 Å². The molecule has 38 valence electrons. The molecule has 4 heteroatoms. The molecule has 0 spiro atoms. The quantitative estimate of drug-likeness (QED) is 0.594. The maximum absolute atomic E-state index is 9.00. The molecule has 3 N–H and O–H groups in total. The summed E-state index contributed by atoms with van der Waals surface area (Å²) >= 11 is 0. The fourth-order valence-electron chi connectivity index (χ4n) is 0. The van der Waals surface area contributed by atoms with Gasteiger partial charge in [-0.1, -0.05) is 0 Å². The van der Waals surface area contributed by atoms with Crippen molar-refractivity contribution in [1.29, 1.82) is 0 Å². The van der Waals surface area contributed by atoms with Gasteiger partial charge in [0.15, 0.2) is 0 Å². The van der Waals surface area contributed by atoms with Crippen LogP contribution >= 0.6 is 0 Å². The maximum atomic E-state index is 9.00. The van der Waals surface area contributed by atoms with Gasteiger partial charge in [-0.3, -0.25) is 4.79 Å². The number of rotatable bonds is 0. The minimum atomic E-state index is -0.833. The zero-order chi connectivity index (χ0) is 3.58. The molecular weight excluding hydrogens is 222 g/mol. The average molecular weight is 228 g/mol. The van der Waals surface area contributed by atoms with Gasteiger partial charge in [-0.15, -0.1) is 0 Å². The molecule has 3 nitrogen and oxygen atoms in total. The monoisotopic (exact) mass is 230 g/mol. The molecule has 0 aromatic carbocycles. The Labute approximate surface area is 68.1 Å².